The lowest BCUT2D eigenvalue weighted by atomic mass is 9.88. The largest absolute Gasteiger partial charge is 0.492 e. The third-order valence-electron chi connectivity index (χ3n) is 5.52. The molecule has 0 radical (unpaired) electrons. The van der Waals surface area contributed by atoms with Crippen LogP contribution in [0.3, 0.4) is 0 Å². The molecule has 1 heterocycles. The Bertz CT molecular complexity index is 1160. The molecule has 0 fully saturated rings. The van der Waals surface area contributed by atoms with E-state index in [1.165, 1.54) is 11.3 Å². The quantitative estimate of drug-likeness (QED) is 0.438. The molecule has 0 spiro atoms. The maximum Gasteiger partial charge on any atom is 0.259 e. The molecular formula is C25H25ClN2O3S. The number of amides is 2. The molecule has 7 heteroatoms. The summed E-state index contributed by atoms with van der Waals surface area (Å²) in [7, 11) is 0. The molecule has 0 aliphatic heterocycles. The molecule has 0 saturated heterocycles. The number of hydrogen-bond donors (Lipinski definition) is 2. The lowest BCUT2D eigenvalue weighted by Crippen LogP contribution is -2.20. The topological polar surface area (TPSA) is 67.4 Å². The van der Waals surface area contributed by atoms with Crippen molar-refractivity contribution in [3.8, 4) is 5.75 Å². The standard InChI is InChI=1S/C25H25ClN2O3S/c1-3-31-20-11-7-6-10-19(20)27-24(30)22-17-13-12-15(2)14-21(17)32-25(22)28-23(29)16-8-4-5-9-18(16)26/h4-11,15H,3,12-14H2,1-2H3,(H,27,30)(H,28,29). The van der Waals surface area contributed by atoms with Crippen molar-refractivity contribution in [2.24, 2.45) is 5.92 Å². The Hall–Kier alpha value is -2.83. The van der Waals surface area contributed by atoms with Gasteiger partial charge in [0.05, 0.1) is 28.4 Å². The Kier molecular flexibility index (Phi) is 6.82. The van der Waals surface area contributed by atoms with Crippen LogP contribution in [0.5, 0.6) is 5.75 Å². The molecule has 0 bridgehead atoms. The molecule has 166 valence electrons. The molecule has 2 amide bonds. The minimum absolute atomic E-state index is 0.251. The first-order valence-electron chi connectivity index (χ1n) is 10.7. The molecular weight excluding hydrogens is 444 g/mol. The van der Waals surface area contributed by atoms with E-state index in [0.29, 0.717) is 45.1 Å². The second kappa shape index (κ2) is 9.76. The highest BCUT2D eigenvalue weighted by molar-refractivity contribution is 7.17. The van der Waals surface area contributed by atoms with E-state index in [1.54, 1.807) is 24.3 Å². The van der Waals surface area contributed by atoms with Gasteiger partial charge < -0.3 is 15.4 Å². The van der Waals surface area contributed by atoms with Crippen molar-refractivity contribution in [1.29, 1.82) is 0 Å². The Morgan fingerprint density at radius 2 is 1.84 bits per heavy atom. The van der Waals surface area contributed by atoms with Crippen LogP contribution in [-0.4, -0.2) is 18.4 Å². The van der Waals surface area contributed by atoms with Gasteiger partial charge >= 0.3 is 0 Å². The van der Waals surface area contributed by atoms with Gasteiger partial charge in [0.1, 0.15) is 10.8 Å². The molecule has 32 heavy (non-hydrogen) atoms. The summed E-state index contributed by atoms with van der Waals surface area (Å²) in [6.45, 7) is 4.61. The van der Waals surface area contributed by atoms with E-state index >= 15 is 0 Å². The van der Waals surface area contributed by atoms with E-state index in [4.69, 9.17) is 16.3 Å². The summed E-state index contributed by atoms with van der Waals surface area (Å²) in [5.41, 5.74) is 2.53. The van der Waals surface area contributed by atoms with Crippen LogP contribution in [0.4, 0.5) is 10.7 Å². The van der Waals surface area contributed by atoms with Gasteiger partial charge in [0.15, 0.2) is 0 Å². The highest BCUT2D eigenvalue weighted by Gasteiger charge is 2.29. The number of fused-ring (bicyclic) bond motifs is 1. The van der Waals surface area contributed by atoms with E-state index in [-0.39, 0.29) is 11.8 Å². The molecule has 1 aromatic heterocycles. The third-order valence-corrected chi connectivity index (χ3v) is 7.02. The van der Waals surface area contributed by atoms with Crippen LogP contribution in [0, 0.1) is 5.92 Å². The Morgan fingerprint density at radius 1 is 1.09 bits per heavy atom. The predicted molar refractivity (Wildman–Crippen MR) is 130 cm³/mol. The van der Waals surface area contributed by atoms with Gasteiger partial charge in [0.2, 0.25) is 0 Å². The highest BCUT2D eigenvalue weighted by atomic mass is 35.5. The zero-order chi connectivity index (χ0) is 22.7. The van der Waals surface area contributed by atoms with E-state index in [1.807, 2.05) is 31.2 Å². The number of benzene rings is 2. The van der Waals surface area contributed by atoms with E-state index in [9.17, 15) is 9.59 Å². The third kappa shape index (κ3) is 4.66. The van der Waals surface area contributed by atoms with Gasteiger partial charge in [-0.1, -0.05) is 42.8 Å². The second-order valence-corrected chi connectivity index (χ2v) is 9.39. The maximum atomic E-state index is 13.5. The highest BCUT2D eigenvalue weighted by Crippen LogP contribution is 2.40. The zero-order valence-corrected chi connectivity index (χ0v) is 19.6. The van der Waals surface area contributed by atoms with Crippen molar-refractivity contribution < 1.29 is 14.3 Å². The summed E-state index contributed by atoms with van der Waals surface area (Å²) < 4.78 is 5.65. The number of halogens is 1. The number of para-hydroxylation sites is 2. The molecule has 1 atom stereocenters. The van der Waals surface area contributed by atoms with Crippen LogP contribution < -0.4 is 15.4 Å². The molecule has 5 nitrogen and oxygen atoms in total. The molecule has 4 rings (SSSR count). The summed E-state index contributed by atoms with van der Waals surface area (Å²) in [6.07, 6.45) is 2.72. The molecule has 2 aromatic carbocycles. The van der Waals surface area contributed by atoms with Gasteiger partial charge in [-0.2, -0.15) is 0 Å². The Balaban J connectivity index is 1.68. The van der Waals surface area contributed by atoms with Gasteiger partial charge in [-0.05, 0) is 61.9 Å². The smallest absolute Gasteiger partial charge is 0.259 e. The number of carbonyl (C=O) groups is 2. The van der Waals surface area contributed by atoms with E-state index in [2.05, 4.69) is 17.6 Å². The minimum Gasteiger partial charge on any atom is -0.492 e. The number of hydrogen-bond acceptors (Lipinski definition) is 4. The summed E-state index contributed by atoms with van der Waals surface area (Å²) in [6, 6.07) is 14.2. The maximum absolute atomic E-state index is 13.5. The first-order chi connectivity index (χ1) is 15.5. The fraction of sp³-hybridized carbons (Fsp3) is 0.280. The van der Waals surface area contributed by atoms with Crippen molar-refractivity contribution in [3.05, 3.63) is 75.1 Å². The van der Waals surface area contributed by atoms with Gasteiger partial charge in [-0.3, -0.25) is 9.59 Å². The molecule has 0 saturated carbocycles. The van der Waals surface area contributed by atoms with Gasteiger partial charge in [0, 0.05) is 4.88 Å². The van der Waals surface area contributed by atoms with Crippen LogP contribution in [0.1, 0.15) is 51.4 Å². The van der Waals surface area contributed by atoms with Crippen molar-refractivity contribution in [1.82, 2.24) is 0 Å². The number of nitrogens with one attached hydrogen (secondary N) is 2. The summed E-state index contributed by atoms with van der Waals surface area (Å²) in [5, 5.41) is 6.87. The molecule has 1 aliphatic rings. The Labute approximate surface area is 196 Å². The minimum atomic E-state index is -0.328. The van der Waals surface area contributed by atoms with Gasteiger partial charge in [-0.25, -0.2) is 0 Å². The summed E-state index contributed by atoms with van der Waals surface area (Å²) >= 11 is 7.69. The van der Waals surface area contributed by atoms with E-state index in [0.717, 1.165) is 29.7 Å². The van der Waals surface area contributed by atoms with Gasteiger partial charge in [0.25, 0.3) is 11.8 Å². The Morgan fingerprint density at radius 3 is 2.62 bits per heavy atom. The zero-order valence-electron chi connectivity index (χ0n) is 18.0. The fourth-order valence-corrected chi connectivity index (χ4v) is 5.56. The van der Waals surface area contributed by atoms with E-state index < -0.39 is 0 Å². The van der Waals surface area contributed by atoms with Crippen LogP contribution in [0.15, 0.2) is 48.5 Å². The van der Waals surface area contributed by atoms with Crippen LogP contribution in [0.2, 0.25) is 5.02 Å². The molecule has 3 aromatic rings. The fourth-order valence-electron chi connectivity index (χ4n) is 3.93. The lowest BCUT2D eigenvalue weighted by Gasteiger charge is -2.19. The van der Waals surface area contributed by atoms with Crippen molar-refractivity contribution >= 4 is 45.4 Å². The monoisotopic (exact) mass is 468 g/mol. The molecule has 1 aliphatic carbocycles. The van der Waals surface area contributed by atoms with Crippen LogP contribution >= 0.6 is 22.9 Å². The first-order valence-corrected chi connectivity index (χ1v) is 11.9. The number of ether oxygens (including phenoxy) is 1. The van der Waals surface area contributed by atoms with Crippen LogP contribution in [-0.2, 0) is 12.8 Å². The number of thiophene rings is 1. The number of anilines is 2. The number of carbonyl (C=O) groups excluding carboxylic acids is 2. The van der Waals surface area contributed by atoms with Gasteiger partial charge in [-0.15, -0.1) is 11.3 Å². The van der Waals surface area contributed by atoms with Crippen LogP contribution in [0.25, 0.3) is 0 Å². The SMILES string of the molecule is CCOc1ccccc1NC(=O)c1c(NC(=O)c2ccccc2Cl)sc2c1CCC(C)C2. The lowest BCUT2D eigenvalue weighted by molar-refractivity contribution is 0.102. The second-order valence-electron chi connectivity index (χ2n) is 7.87. The normalized spacial score (nSPS) is 15.0. The number of rotatable bonds is 6. The summed E-state index contributed by atoms with van der Waals surface area (Å²) in [5.74, 6) is 0.579. The van der Waals surface area contributed by atoms with Crippen molar-refractivity contribution in [2.45, 2.75) is 33.1 Å². The average molecular weight is 469 g/mol. The average Bonchev–Trinajstić information content (AvgIpc) is 3.12. The van der Waals surface area contributed by atoms with Crippen molar-refractivity contribution in [2.75, 3.05) is 17.2 Å². The van der Waals surface area contributed by atoms with Crippen molar-refractivity contribution in [3.63, 3.8) is 0 Å². The molecule has 1 unspecified atom stereocenters. The molecule has 2 N–H and O–H groups in total. The predicted octanol–water partition coefficient (Wildman–Crippen LogP) is 6.43. The first kappa shape index (κ1) is 22.4. The summed E-state index contributed by atoms with van der Waals surface area (Å²) in [4.78, 5) is 27.6.